The minimum Gasteiger partial charge on any atom is -0.463 e. The summed E-state index contributed by atoms with van der Waals surface area (Å²) in [7, 11) is 0. The van der Waals surface area contributed by atoms with E-state index in [2.05, 4.69) is 0 Å². The Morgan fingerprint density at radius 2 is 1.72 bits per heavy atom. The second-order valence-corrected chi connectivity index (χ2v) is 5.91. The molecule has 0 radical (unpaired) electrons. The van der Waals surface area contributed by atoms with E-state index < -0.39 is 11.6 Å². The predicted octanol–water partition coefficient (Wildman–Crippen LogP) is 1.92. The molecular weight excluding hydrogens is 236 g/mol. The molecule has 5 nitrogen and oxygen atoms in total. The molecule has 3 rings (SSSR count). The first kappa shape index (κ1) is 12.4. The van der Waals surface area contributed by atoms with Gasteiger partial charge in [0.05, 0.1) is 6.61 Å². The molecule has 0 saturated carbocycles. The molecule has 102 valence electrons. The van der Waals surface area contributed by atoms with Crippen molar-refractivity contribution in [1.29, 1.82) is 0 Å². The highest BCUT2D eigenvalue weighted by Gasteiger charge is 2.51. The molecule has 3 heterocycles. The first-order valence-corrected chi connectivity index (χ1v) is 6.32. The molecule has 0 aromatic heterocycles. The van der Waals surface area contributed by atoms with Crippen LogP contribution < -0.4 is 0 Å². The molecule has 0 N–H and O–H groups in total. The first-order valence-electron chi connectivity index (χ1n) is 6.32. The molecule has 0 amide bonds. The lowest BCUT2D eigenvalue weighted by molar-refractivity contribution is -0.188. The van der Waals surface area contributed by atoms with E-state index in [1.807, 2.05) is 34.6 Å². The van der Waals surface area contributed by atoms with Gasteiger partial charge in [0.1, 0.15) is 18.0 Å². The van der Waals surface area contributed by atoms with Crippen LogP contribution in [0.25, 0.3) is 0 Å². The van der Waals surface area contributed by atoms with Crippen molar-refractivity contribution in [2.24, 2.45) is 0 Å². The average Bonchev–Trinajstić information content (AvgIpc) is 2.81. The Kier molecular flexibility index (Phi) is 2.55. The van der Waals surface area contributed by atoms with E-state index in [1.54, 1.807) is 0 Å². The van der Waals surface area contributed by atoms with Gasteiger partial charge in [0, 0.05) is 5.57 Å². The summed E-state index contributed by atoms with van der Waals surface area (Å²) in [6.07, 6.45) is -0.662. The monoisotopic (exact) mass is 256 g/mol. The zero-order valence-electron chi connectivity index (χ0n) is 11.5. The fourth-order valence-electron chi connectivity index (χ4n) is 2.61. The Balaban J connectivity index is 1.78. The third-order valence-corrected chi connectivity index (χ3v) is 3.42. The van der Waals surface area contributed by atoms with Crippen LogP contribution in [0, 0.1) is 0 Å². The third-order valence-electron chi connectivity index (χ3n) is 3.42. The summed E-state index contributed by atoms with van der Waals surface area (Å²) < 4.78 is 28.7. The Morgan fingerprint density at radius 3 is 2.28 bits per heavy atom. The molecule has 0 aliphatic carbocycles. The van der Waals surface area contributed by atoms with Crippen LogP contribution in [0.1, 0.15) is 34.6 Å². The van der Waals surface area contributed by atoms with Gasteiger partial charge in [-0.2, -0.15) is 0 Å². The van der Waals surface area contributed by atoms with Gasteiger partial charge in [-0.1, -0.05) is 0 Å². The molecule has 0 aromatic carbocycles. The Morgan fingerprint density at radius 1 is 1.00 bits per heavy atom. The van der Waals surface area contributed by atoms with Crippen molar-refractivity contribution in [3.8, 4) is 0 Å². The van der Waals surface area contributed by atoms with Gasteiger partial charge in [-0.3, -0.25) is 0 Å². The second-order valence-electron chi connectivity index (χ2n) is 5.91. The zero-order chi connectivity index (χ0) is 13.1. The Bertz CT molecular complexity index is 398. The van der Waals surface area contributed by atoms with Crippen LogP contribution in [0.2, 0.25) is 0 Å². The summed E-state index contributed by atoms with van der Waals surface area (Å²) in [4.78, 5) is 0. The van der Waals surface area contributed by atoms with Crippen LogP contribution in [0.5, 0.6) is 0 Å². The number of ether oxygens (including phenoxy) is 5. The highest BCUT2D eigenvalue weighted by Crippen LogP contribution is 2.42. The average molecular weight is 256 g/mol. The lowest BCUT2D eigenvalue weighted by atomic mass is 10.1. The molecule has 2 fully saturated rings. The summed E-state index contributed by atoms with van der Waals surface area (Å²) in [5.74, 6) is -0.347. The van der Waals surface area contributed by atoms with Gasteiger partial charge in [-0.05, 0) is 34.6 Å². The Hall–Kier alpha value is -0.620. The van der Waals surface area contributed by atoms with Gasteiger partial charge in [-0.25, -0.2) is 0 Å². The maximum atomic E-state index is 5.84. The normalized spacial score (nSPS) is 41.1. The summed E-state index contributed by atoms with van der Waals surface area (Å²) in [6.45, 7) is 10.1. The zero-order valence-corrected chi connectivity index (χ0v) is 11.5. The summed E-state index contributed by atoms with van der Waals surface area (Å²) >= 11 is 0. The fraction of sp³-hybridized carbons (Fsp3) is 0.846. The number of hydrogen-bond donors (Lipinski definition) is 0. The molecule has 18 heavy (non-hydrogen) atoms. The van der Waals surface area contributed by atoms with Gasteiger partial charge >= 0.3 is 0 Å². The molecule has 3 aliphatic rings. The van der Waals surface area contributed by atoms with E-state index in [9.17, 15) is 0 Å². The van der Waals surface area contributed by atoms with Crippen molar-refractivity contribution in [3.63, 3.8) is 0 Å². The molecule has 0 bridgehead atoms. The van der Waals surface area contributed by atoms with E-state index in [-0.39, 0.29) is 18.5 Å². The SMILES string of the molecule is CC1=C([C@@H]2COC(C)(C)O2)O[C@@H]2OC(C)(C)O[C@H]12. The number of fused-ring (bicyclic) bond motifs is 1. The summed E-state index contributed by atoms with van der Waals surface area (Å²) in [5, 5.41) is 0. The van der Waals surface area contributed by atoms with Crippen LogP contribution in [0.15, 0.2) is 11.3 Å². The van der Waals surface area contributed by atoms with Crippen molar-refractivity contribution >= 4 is 0 Å². The van der Waals surface area contributed by atoms with E-state index >= 15 is 0 Å². The molecule has 2 saturated heterocycles. The molecule has 3 aliphatic heterocycles. The van der Waals surface area contributed by atoms with Gasteiger partial charge in [-0.15, -0.1) is 0 Å². The molecule has 0 aromatic rings. The van der Waals surface area contributed by atoms with Crippen LogP contribution in [-0.4, -0.2) is 36.7 Å². The second kappa shape index (κ2) is 3.70. The summed E-state index contributed by atoms with van der Waals surface area (Å²) in [6, 6.07) is 0. The van der Waals surface area contributed by atoms with Crippen LogP contribution in [-0.2, 0) is 23.7 Å². The van der Waals surface area contributed by atoms with Crippen LogP contribution in [0.3, 0.4) is 0 Å². The van der Waals surface area contributed by atoms with Crippen molar-refractivity contribution in [2.75, 3.05) is 6.61 Å². The lowest BCUT2D eigenvalue weighted by Gasteiger charge is -2.21. The standard InChI is InChI=1S/C13H20O5/c1-7-9(8-6-14-12(2,3)16-8)15-11-10(7)17-13(4,5)18-11/h8,10-11H,6H2,1-5H3/t8-,10+,11+/m0/s1. The minimum atomic E-state index is -0.589. The van der Waals surface area contributed by atoms with Crippen molar-refractivity contribution in [2.45, 2.75) is 64.7 Å². The highest BCUT2D eigenvalue weighted by atomic mass is 16.8. The minimum absolute atomic E-state index is 0.137. The predicted molar refractivity (Wildman–Crippen MR) is 62.5 cm³/mol. The highest BCUT2D eigenvalue weighted by molar-refractivity contribution is 5.23. The van der Waals surface area contributed by atoms with Gasteiger partial charge in [0.15, 0.2) is 11.6 Å². The van der Waals surface area contributed by atoms with E-state index in [0.29, 0.717) is 6.61 Å². The van der Waals surface area contributed by atoms with Gasteiger partial charge in [0.25, 0.3) is 0 Å². The van der Waals surface area contributed by atoms with Gasteiger partial charge in [0.2, 0.25) is 6.29 Å². The van der Waals surface area contributed by atoms with Gasteiger partial charge < -0.3 is 23.7 Å². The third kappa shape index (κ3) is 1.95. The van der Waals surface area contributed by atoms with Crippen LogP contribution >= 0.6 is 0 Å². The number of hydrogen-bond acceptors (Lipinski definition) is 5. The molecule has 0 unspecified atom stereocenters. The molecule has 5 heteroatoms. The van der Waals surface area contributed by atoms with E-state index in [4.69, 9.17) is 23.7 Å². The Labute approximate surface area is 107 Å². The van der Waals surface area contributed by atoms with Crippen molar-refractivity contribution in [1.82, 2.24) is 0 Å². The van der Waals surface area contributed by atoms with E-state index in [0.717, 1.165) is 11.3 Å². The maximum Gasteiger partial charge on any atom is 0.232 e. The molecular formula is C13H20O5. The largest absolute Gasteiger partial charge is 0.463 e. The topological polar surface area (TPSA) is 46.2 Å². The van der Waals surface area contributed by atoms with Crippen molar-refractivity contribution in [3.05, 3.63) is 11.3 Å². The quantitative estimate of drug-likeness (QED) is 0.717. The number of rotatable bonds is 1. The smallest absolute Gasteiger partial charge is 0.232 e. The van der Waals surface area contributed by atoms with E-state index in [1.165, 1.54) is 0 Å². The van der Waals surface area contributed by atoms with Crippen LogP contribution in [0.4, 0.5) is 0 Å². The lowest BCUT2D eigenvalue weighted by Crippen LogP contribution is -2.26. The fourth-order valence-corrected chi connectivity index (χ4v) is 2.61. The first-order chi connectivity index (χ1) is 8.27. The molecule has 3 atom stereocenters. The molecule has 0 spiro atoms. The maximum absolute atomic E-state index is 5.84. The summed E-state index contributed by atoms with van der Waals surface area (Å²) in [5.41, 5.74) is 1.04. The van der Waals surface area contributed by atoms with Crippen molar-refractivity contribution < 1.29 is 23.7 Å².